The van der Waals surface area contributed by atoms with E-state index in [1.54, 1.807) is 0 Å². The molecule has 540 valence electrons. The van der Waals surface area contributed by atoms with Crippen molar-refractivity contribution in [3.8, 4) is 0 Å². The van der Waals surface area contributed by atoms with E-state index in [-0.39, 0.29) is 25.7 Å². The van der Waals surface area contributed by atoms with Crippen molar-refractivity contribution in [3.05, 3.63) is 0 Å². The molecule has 0 aliphatic rings. The molecule has 0 rings (SSSR count). The second kappa shape index (κ2) is 65.4. The van der Waals surface area contributed by atoms with Gasteiger partial charge < -0.3 is 33.8 Å². The number of phosphoric acid groups is 2. The molecule has 0 heterocycles. The molecular weight excluding hydrogens is 1200 g/mol. The van der Waals surface area contributed by atoms with E-state index in [1.807, 2.05) is 0 Å². The summed E-state index contributed by atoms with van der Waals surface area (Å²) in [5, 5.41) is 10.6. The van der Waals surface area contributed by atoms with E-state index in [9.17, 15) is 43.2 Å². The SMILES string of the molecule is CCCCCCCCCCCCCCCCCCCC(=O)O[C@H](COC(=O)CCCCCCCCCCCCCCC(C)C)COP(=O)(O)OC[C@@H](O)COP(=O)(O)OC[C@@H](COC(=O)CCCCCCC)OC(=O)CCCCCCCCCCCCCCCC. The molecule has 0 amide bonds. The summed E-state index contributed by atoms with van der Waals surface area (Å²) in [6.45, 7) is 7.20. The summed E-state index contributed by atoms with van der Waals surface area (Å²) in [6.07, 6.45) is 53.0. The summed E-state index contributed by atoms with van der Waals surface area (Å²) >= 11 is 0. The zero-order valence-corrected chi connectivity index (χ0v) is 60.8. The smallest absolute Gasteiger partial charge is 0.462 e. The summed E-state index contributed by atoms with van der Waals surface area (Å²) < 4.78 is 68.2. The van der Waals surface area contributed by atoms with Crippen LogP contribution < -0.4 is 0 Å². The minimum absolute atomic E-state index is 0.107. The standard InChI is InChI=1S/C72H140O17P2/c1-6-9-12-15-17-19-21-23-25-26-27-29-35-39-43-48-53-58-72(77)89-68(62-83-70(75)56-51-46-41-37-33-31-30-32-36-40-45-49-54-65(4)5)64-87-91(80,81)85-60-66(73)59-84-90(78,79)86-63-67(61-82-69(74)55-50-44-14-11-8-3)88-71(76)57-52-47-42-38-34-28-24-22-20-18-16-13-10-7-2/h65-68,73H,6-64H2,1-5H3,(H,78,79)(H,80,81)/t66-,67+,68+/m0/s1. The summed E-state index contributed by atoms with van der Waals surface area (Å²) in [4.78, 5) is 72.4. The fourth-order valence-corrected chi connectivity index (χ4v) is 12.6. The maximum atomic E-state index is 13.0. The second-order valence-electron chi connectivity index (χ2n) is 26.5. The fraction of sp³-hybridized carbons (Fsp3) is 0.944. The number of rotatable bonds is 72. The minimum Gasteiger partial charge on any atom is -0.462 e. The predicted octanol–water partition coefficient (Wildman–Crippen LogP) is 20.9. The maximum Gasteiger partial charge on any atom is 0.472 e. The van der Waals surface area contributed by atoms with Crippen LogP contribution in [0.2, 0.25) is 0 Å². The van der Waals surface area contributed by atoms with E-state index in [0.717, 1.165) is 102 Å². The van der Waals surface area contributed by atoms with Gasteiger partial charge in [0.15, 0.2) is 12.2 Å². The average molecular weight is 1340 g/mol. The molecular formula is C72H140O17P2. The third-order valence-electron chi connectivity index (χ3n) is 16.8. The van der Waals surface area contributed by atoms with Gasteiger partial charge in [0.05, 0.1) is 26.4 Å². The Morgan fingerprint density at radius 1 is 0.297 bits per heavy atom. The lowest BCUT2D eigenvalue weighted by Gasteiger charge is -2.21. The monoisotopic (exact) mass is 1340 g/mol. The van der Waals surface area contributed by atoms with Crippen molar-refractivity contribution in [3.63, 3.8) is 0 Å². The van der Waals surface area contributed by atoms with Gasteiger partial charge in [-0.05, 0) is 31.6 Å². The van der Waals surface area contributed by atoms with Crippen molar-refractivity contribution >= 4 is 39.5 Å². The van der Waals surface area contributed by atoms with Gasteiger partial charge in [0, 0.05) is 25.7 Å². The van der Waals surface area contributed by atoms with Gasteiger partial charge >= 0.3 is 39.5 Å². The van der Waals surface area contributed by atoms with Gasteiger partial charge in [0.1, 0.15) is 19.3 Å². The predicted molar refractivity (Wildman–Crippen MR) is 368 cm³/mol. The molecule has 0 spiro atoms. The molecule has 0 bridgehead atoms. The zero-order valence-electron chi connectivity index (χ0n) is 59.0. The zero-order chi connectivity index (χ0) is 67.0. The quantitative estimate of drug-likeness (QED) is 0.0222. The molecule has 3 N–H and O–H groups in total. The van der Waals surface area contributed by atoms with Crippen molar-refractivity contribution in [2.45, 2.75) is 393 Å². The highest BCUT2D eigenvalue weighted by molar-refractivity contribution is 7.47. The number of carbonyl (C=O) groups is 4. The normalized spacial score (nSPS) is 14.0. The molecule has 0 aliphatic heterocycles. The molecule has 2 unspecified atom stereocenters. The first-order valence-corrected chi connectivity index (χ1v) is 40.6. The van der Waals surface area contributed by atoms with Crippen LogP contribution in [0.3, 0.4) is 0 Å². The van der Waals surface area contributed by atoms with Crippen LogP contribution in [0, 0.1) is 5.92 Å². The molecule has 0 fully saturated rings. The maximum absolute atomic E-state index is 13.0. The average Bonchev–Trinajstić information content (AvgIpc) is 3.63. The van der Waals surface area contributed by atoms with Crippen molar-refractivity contribution in [1.82, 2.24) is 0 Å². The van der Waals surface area contributed by atoms with Gasteiger partial charge in [-0.15, -0.1) is 0 Å². The number of unbranched alkanes of at least 4 members (excludes halogenated alkanes) is 44. The molecule has 0 saturated heterocycles. The van der Waals surface area contributed by atoms with Crippen LogP contribution in [0.1, 0.15) is 375 Å². The number of hydrogen-bond acceptors (Lipinski definition) is 15. The molecule has 0 aromatic carbocycles. The highest BCUT2D eigenvalue weighted by atomic mass is 31.2. The lowest BCUT2D eigenvalue weighted by atomic mass is 10.0. The number of hydrogen-bond donors (Lipinski definition) is 3. The lowest BCUT2D eigenvalue weighted by Crippen LogP contribution is -2.30. The van der Waals surface area contributed by atoms with Gasteiger partial charge in [-0.1, -0.05) is 324 Å². The van der Waals surface area contributed by atoms with Crippen molar-refractivity contribution in [1.29, 1.82) is 0 Å². The molecule has 0 aromatic heterocycles. The van der Waals surface area contributed by atoms with Gasteiger partial charge in [0.25, 0.3) is 0 Å². The molecule has 17 nitrogen and oxygen atoms in total. The molecule has 0 aliphatic carbocycles. The molecule has 19 heteroatoms. The van der Waals surface area contributed by atoms with Gasteiger partial charge in [-0.25, -0.2) is 9.13 Å². The number of aliphatic hydroxyl groups excluding tert-OH is 1. The third kappa shape index (κ3) is 66.5. The van der Waals surface area contributed by atoms with Crippen LogP contribution in [0.5, 0.6) is 0 Å². The fourth-order valence-electron chi connectivity index (χ4n) is 11.0. The first-order chi connectivity index (χ1) is 44.0. The number of esters is 4. The van der Waals surface area contributed by atoms with E-state index in [2.05, 4.69) is 34.6 Å². The van der Waals surface area contributed by atoms with Crippen LogP contribution in [0.15, 0.2) is 0 Å². The number of ether oxygens (including phenoxy) is 4. The first-order valence-electron chi connectivity index (χ1n) is 37.6. The van der Waals surface area contributed by atoms with Crippen molar-refractivity contribution < 1.29 is 80.2 Å². The third-order valence-corrected chi connectivity index (χ3v) is 18.7. The van der Waals surface area contributed by atoms with Crippen molar-refractivity contribution in [2.24, 2.45) is 5.92 Å². The molecule has 0 radical (unpaired) electrons. The Kier molecular flexibility index (Phi) is 64.0. The minimum atomic E-state index is -4.95. The molecule has 91 heavy (non-hydrogen) atoms. The Hall–Kier alpha value is -1.94. The Balaban J connectivity index is 5.15. The van der Waals surface area contributed by atoms with Crippen molar-refractivity contribution in [2.75, 3.05) is 39.6 Å². The van der Waals surface area contributed by atoms with Crippen LogP contribution >= 0.6 is 15.6 Å². The number of phosphoric ester groups is 2. The Labute approximate surface area is 556 Å². The topological polar surface area (TPSA) is 237 Å². The second-order valence-corrected chi connectivity index (χ2v) is 29.4. The van der Waals surface area contributed by atoms with Gasteiger partial charge in [-0.3, -0.25) is 37.3 Å². The molecule has 5 atom stereocenters. The highest BCUT2D eigenvalue weighted by Gasteiger charge is 2.30. The largest absolute Gasteiger partial charge is 0.472 e. The Morgan fingerprint density at radius 3 is 0.747 bits per heavy atom. The summed E-state index contributed by atoms with van der Waals surface area (Å²) in [5.74, 6) is -1.35. The van der Waals surface area contributed by atoms with Gasteiger partial charge in [-0.2, -0.15) is 0 Å². The molecule has 0 saturated carbocycles. The first kappa shape index (κ1) is 89.1. The van der Waals surface area contributed by atoms with E-state index in [1.165, 1.54) is 193 Å². The summed E-state index contributed by atoms with van der Waals surface area (Å²) in [7, 11) is -9.89. The van der Waals surface area contributed by atoms with E-state index in [0.29, 0.717) is 25.7 Å². The Morgan fingerprint density at radius 2 is 0.505 bits per heavy atom. The van der Waals surface area contributed by atoms with Crippen LogP contribution in [0.4, 0.5) is 0 Å². The van der Waals surface area contributed by atoms with E-state index < -0.39 is 97.5 Å². The van der Waals surface area contributed by atoms with E-state index in [4.69, 9.17) is 37.0 Å². The van der Waals surface area contributed by atoms with E-state index >= 15 is 0 Å². The summed E-state index contributed by atoms with van der Waals surface area (Å²) in [6, 6.07) is 0. The highest BCUT2D eigenvalue weighted by Crippen LogP contribution is 2.45. The number of aliphatic hydroxyl groups is 1. The lowest BCUT2D eigenvalue weighted by molar-refractivity contribution is -0.161. The summed E-state index contributed by atoms with van der Waals surface area (Å²) in [5.41, 5.74) is 0. The number of carbonyl (C=O) groups excluding carboxylic acids is 4. The van der Waals surface area contributed by atoms with Gasteiger partial charge in [0.2, 0.25) is 0 Å². The van der Waals surface area contributed by atoms with Crippen LogP contribution in [0.25, 0.3) is 0 Å². The Bertz CT molecular complexity index is 1750. The van der Waals surface area contributed by atoms with Crippen LogP contribution in [-0.4, -0.2) is 96.7 Å². The molecule has 0 aromatic rings. The van der Waals surface area contributed by atoms with Crippen LogP contribution in [-0.2, 0) is 65.4 Å².